The number of carbonyl (C=O) groups is 1. The van der Waals surface area contributed by atoms with E-state index >= 15 is 0 Å². The highest BCUT2D eigenvalue weighted by Gasteiger charge is 2.07. The number of nitrogens with one attached hydrogen (secondary N) is 1. The van der Waals surface area contributed by atoms with Crippen LogP contribution in [0, 0.1) is 0 Å². The maximum absolute atomic E-state index is 10.3. The molecule has 0 aliphatic rings. The number of aromatic nitrogens is 2. The Kier molecular flexibility index (Phi) is 2.22. The van der Waals surface area contributed by atoms with Gasteiger partial charge in [0, 0.05) is 6.20 Å². The molecule has 7 heteroatoms. The first kappa shape index (κ1) is 9.17. The molecule has 0 spiro atoms. The number of nitrogens with zero attached hydrogens (tertiary/aromatic N) is 2. The van der Waals surface area contributed by atoms with E-state index in [0.717, 1.165) is 4.70 Å². The summed E-state index contributed by atoms with van der Waals surface area (Å²) in [6, 6.07) is 1.69. The van der Waals surface area contributed by atoms with Gasteiger partial charge in [0.2, 0.25) is 0 Å². The molecule has 14 heavy (non-hydrogen) atoms. The second-order valence-electron chi connectivity index (χ2n) is 2.42. The van der Waals surface area contributed by atoms with Gasteiger partial charge in [-0.3, -0.25) is 5.32 Å². The minimum absolute atomic E-state index is 0.294. The van der Waals surface area contributed by atoms with Crippen LogP contribution in [-0.4, -0.2) is 21.2 Å². The van der Waals surface area contributed by atoms with E-state index in [1.807, 2.05) is 0 Å². The molecule has 0 aliphatic heterocycles. The Morgan fingerprint density at radius 2 is 2.43 bits per heavy atom. The van der Waals surface area contributed by atoms with Crippen molar-refractivity contribution in [1.29, 1.82) is 0 Å². The van der Waals surface area contributed by atoms with Gasteiger partial charge in [0.05, 0.1) is 9.72 Å². The third-order valence-electron chi connectivity index (χ3n) is 1.43. The van der Waals surface area contributed by atoms with Crippen molar-refractivity contribution >= 4 is 44.5 Å². The van der Waals surface area contributed by atoms with Crippen LogP contribution in [0.15, 0.2) is 12.3 Å². The van der Waals surface area contributed by atoms with Gasteiger partial charge in [0.1, 0.15) is 0 Å². The standard InChI is InChI=1S/C7H4ClN3O2S/c8-3-1-4-5(9-2-3)10-6(14-4)11-7(12)13/h1-2H,(H,12,13)(H,9,10,11). The third-order valence-corrected chi connectivity index (χ3v) is 2.54. The number of pyridine rings is 1. The van der Waals surface area contributed by atoms with Gasteiger partial charge in [0.25, 0.3) is 0 Å². The predicted octanol–water partition coefficient (Wildman–Crippen LogP) is 2.43. The van der Waals surface area contributed by atoms with Crippen molar-refractivity contribution in [3.8, 4) is 0 Å². The molecular formula is C7H4ClN3O2S. The number of carboxylic acid groups (broad SMARTS) is 1. The minimum Gasteiger partial charge on any atom is -0.465 e. The third kappa shape index (κ3) is 1.75. The first-order chi connectivity index (χ1) is 6.65. The van der Waals surface area contributed by atoms with Crippen LogP contribution in [0.4, 0.5) is 9.93 Å². The Labute approximate surface area is 87.4 Å². The van der Waals surface area contributed by atoms with Crippen molar-refractivity contribution in [2.24, 2.45) is 0 Å². The van der Waals surface area contributed by atoms with E-state index in [0.29, 0.717) is 15.8 Å². The number of amides is 1. The SMILES string of the molecule is O=C(O)Nc1nc2ncc(Cl)cc2s1. The Morgan fingerprint density at radius 3 is 3.14 bits per heavy atom. The van der Waals surface area contributed by atoms with Gasteiger partial charge >= 0.3 is 6.09 Å². The second kappa shape index (κ2) is 3.39. The molecular weight excluding hydrogens is 226 g/mol. The number of thiazole rings is 1. The fourth-order valence-electron chi connectivity index (χ4n) is 0.941. The number of hydrogen-bond donors (Lipinski definition) is 2. The normalized spacial score (nSPS) is 10.4. The number of hydrogen-bond acceptors (Lipinski definition) is 4. The monoisotopic (exact) mass is 229 g/mol. The van der Waals surface area contributed by atoms with Crippen molar-refractivity contribution < 1.29 is 9.90 Å². The van der Waals surface area contributed by atoms with Crippen LogP contribution in [0.2, 0.25) is 5.02 Å². The zero-order valence-corrected chi connectivity index (χ0v) is 8.26. The van der Waals surface area contributed by atoms with E-state index in [2.05, 4.69) is 15.3 Å². The molecule has 0 aliphatic carbocycles. The summed E-state index contributed by atoms with van der Waals surface area (Å²) in [5.74, 6) is 0. The minimum atomic E-state index is -1.14. The molecule has 5 nitrogen and oxygen atoms in total. The van der Waals surface area contributed by atoms with Crippen LogP contribution in [0.3, 0.4) is 0 Å². The van der Waals surface area contributed by atoms with E-state index in [1.165, 1.54) is 17.5 Å². The lowest BCUT2D eigenvalue weighted by atomic mass is 10.5. The van der Waals surface area contributed by atoms with Crippen LogP contribution in [-0.2, 0) is 0 Å². The fourth-order valence-corrected chi connectivity index (χ4v) is 2.02. The Bertz CT molecular complexity index is 499. The van der Waals surface area contributed by atoms with Crippen LogP contribution in [0.5, 0.6) is 0 Å². The van der Waals surface area contributed by atoms with Crippen LogP contribution in [0.25, 0.3) is 10.3 Å². The van der Waals surface area contributed by atoms with Gasteiger partial charge in [-0.2, -0.15) is 4.98 Å². The van der Waals surface area contributed by atoms with Gasteiger partial charge in [-0.15, -0.1) is 0 Å². The average molecular weight is 230 g/mol. The van der Waals surface area contributed by atoms with Crippen molar-refractivity contribution in [3.63, 3.8) is 0 Å². The molecule has 0 saturated carbocycles. The first-order valence-corrected chi connectivity index (χ1v) is 4.76. The Hall–Kier alpha value is -1.40. The molecule has 0 unspecified atom stereocenters. The number of fused-ring (bicyclic) bond motifs is 1. The molecule has 72 valence electrons. The maximum atomic E-state index is 10.3. The van der Waals surface area contributed by atoms with Gasteiger partial charge in [0.15, 0.2) is 10.8 Å². The number of rotatable bonds is 1. The highest BCUT2D eigenvalue weighted by atomic mass is 35.5. The summed E-state index contributed by atoms with van der Waals surface area (Å²) in [6.07, 6.45) is 0.323. The lowest BCUT2D eigenvalue weighted by Crippen LogP contribution is -2.06. The Balaban J connectivity index is 2.46. The summed E-state index contributed by atoms with van der Waals surface area (Å²) < 4.78 is 0.751. The van der Waals surface area contributed by atoms with Crippen LogP contribution >= 0.6 is 22.9 Å². The van der Waals surface area contributed by atoms with E-state index in [1.54, 1.807) is 6.07 Å². The molecule has 0 aromatic carbocycles. The summed E-state index contributed by atoms with van der Waals surface area (Å²) in [5.41, 5.74) is 0.489. The van der Waals surface area contributed by atoms with Crippen molar-refractivity contribution in [1.82, 2.24) is 9.97 Å². The molecule has 0 saturated heterocycles. The molecule has 0 radical (unpaired) electrons. The highest BCUT2D eigenvalue weighted by molar-refractivity contribution is 7.22. The Morgan fingerprint density at radius 1 is 1.64 bits per heavy atom. The summed E-state index contributed by atoms with van der Waals surface area (Å²) in [4.78, 5) is 18.2. The predicted molar refractivity (Wildman–Crippen MR) is 54.1 cm³/mol. The van der Waals surface area contributed by atoms with Gasteiger partial charge < -0.3 is 5.11 Å². The van der Waals surface area contributed by atoms with Gasteiger partial charge in [-0.05, 0) is 6.07 Å². The molecule has 2 heterocycles. The summed E-state index contributed by atoms with van der Waals surface area (Å²) >= 11 is 6.90. The maximum Gasteiger partial charge on any atom is 0.410 e. The average Bonchev–Trinajstić information content (AvgIpc) is 2.44. The van der Waals surface area contributed by atoms with Crippen molar-refractivity contribution in [2.45, 2.75) is 0 Å². The molecule has 0 atom stereocenters. The van der Waals surface area contributed by atoms with E-state index in [9.17, 15) is 4.79 Å². The lowest BCUT2D eigenvalue weighted by Gasteiger charge is -1.89. The highest BCUT2D eigenvalue weighted by Crippen LogP contribution is 2.26. The van der Waals surface area contributed by atoms with Crippen molar-refractivity contribution in [2.75, 3.05) is 5.32 Å². The summed E-state index contributed by atoms with van der Waals surface area (Å²) in [5, 5.41) is 11.4. The lowest BCUT2D eigenvalue weighted by molar-refractivity contribution is 0.210. The molecule has 0 bridgehead atoms. The first-order valence-electron chi connectivity index (χ1n) is 3.57. The van der Waals surface area contributed by atoms with Gasteiger partial charge in [-0.25, -0.2) is 9.78 Å². The summed E-state index contributed by atoms with van der Waals surface area (Å²) in [6.45, 7) is 0. The number of halogens is 1. The van der Waals surface area contributed by atoms with Crippen molar-refractivity contribution in [3.05, 3.63) is 17.3 Å². The molecule has 0 fully saturated rings. The van der Waals surface area contributed by atoms with E-state index < -0.39 is 6.09 Å². The second-order valence-corrected chi connectivity index (χ2v) is 3.89. The topological polar surface area (TPSA) is 75.1 Å². The van der Waals surface area contributed by atoms with E-state index in [4.69, 9.17) is 16.7 Å². The zero-order valence-electron chi connectivity index (χ0n) is 6.69. The quantitative estimate of drug-likeness (QED) is 0.788. The molecule has 1 amide bonds. The zero-order chi connectivity index (χ0) is 10.1. The van der Waals surface area contributed by atoms with E-state index in [-0.39, 0.29) is 0 Å². The van der Waals surface area contributed by atoms with Crippen LogP contribution in [0.1, 0.15) is 0 Å². The molecule has 2 N–H and O–H groups in total. The smallest absolute Gasteiger partial charge is 0.410 e. The number of anilines is 1. The molecule has 2 aromatic rings. The largest absolute Gasteiger partial charge is 0.465 e. The molecule has 2 rings (SSSR count). The molecule has 2 aromatic heterocycles. The van der Waals surface area contributed by atoms with Crippen LogP contribution < -0.4 is 5.32 Å². The summed E-state index contributed by atoms with van der Waals surface area (Å²) in [7, 11) is 0. The fraction of sp³-hybridized carbons (Fsp3) is 0. The van der Waals surface area contributed by atoms with Gasteiger partial charge in [-0.1, -0.05) is 22.9 Å².